The maximum atomic E-state index is 15.7. The number of benzene rings is 1. The molecule has 2 atom stereocenters. The molecule has 2 aliphatic heterocycles. The molecule has 3 aliphatic rings. The lowest BCUT2D eigenvalue weighted by Gasteiger charge is -2.48. The van der Waals surface area contributed by atoms with Crippen molar-refractivity contribution in [1.82, 2.24) is 14.4 Å². The second kappa shape index (κ2) is 8.74. The summed E-state index contributed by atoms with van der Waals surface area (Å²) >= 11 is 0. The molecule has 10 heteroatoms. The molecule has 9 nitrogen and oxygen atoms in total. The number of esters is 1. The van der Waals surface area contributed by atoms with E-state index in [-0.39, 0.29) is 23.6 Å². The molecular weight excluding hydrogens is 439 g/mol. The number of carbonyl (C=O) groups excluding carboxylic acids is 1. The monoisotopic (exact) mass is 470 g/mol. The van der Waals surface area contributed by atoms with E-state index in [4.69, 9.17) is 4.74 Å². The van der Waals surface area contributed by atoms with Crippen LogP contribution in [0.1, 0.15) is 43.5 Å². The average Bonchev–Trinajstić information content (AvgIpc) is 3.40. The predicted molar refractivity (Wildman–Crippen MR) is 127 cm³/mol. The summed E-state index contributed by atoms with van der Waals surface area (Å²) in [6.45, 7) is 7.87. The van der Waals surface area contributed by atoms with Crippen LogP contribution in [0.25, 0.3) is 10.9 Å². The Bertz CT molecular complexity index is 1210. The molecule has 182 valence electrons. The molecule has 2 fully saturated rings. The number of likely N-dealkylation sites (N-methyl/N-ethyl adjacent to an activating group) is 1. The van der Waals surface area contributed by atoms with E-state index in [2.05, 4.69) is 27.2 Å². The summed E-state index contributed by atoms with van der Waals surface area (Å²) in [5.74, 6) is -1.24. The highest BCUT2D eigenvalue weighted by molar-refractivity contribution is 5.94. The van der Waals surface area contributed by atoms with Gasteiger partial charge in [-0.3, -0.25) is 9.69 Å². The Morgan fingerprint density at radius 1 is 1.24 bits per heavy atom. The van der Waals surface area contributed by atoms with E-state index in [0.717, 1.165) is 45.4 Å². The number of carbonyl (C=O) groups is 1. The quantitative estimate of drug-likeness (QED) is 0.625. The average molecular weight is 471 g/mol. The van der Waals surface area contributed by atoms with Crippen molar-refractivity contribution in [3.63, 3.8) is 0 Å². The van der Waals surface area contributed by atoms with Gasteiger partial charge in [0, 0.05) is 44.3 Å². The molecule has 1 aromatic carbocycles. The highest BCUT2D eigenvalue weighted by Gasteiger charge is 2.57. The summed E-state index contributed by atoms with van der Waals surface area (Å²) in [4.78, 5) is 30.1. The van der Waals surface area contributed by atoms with Crippen LogP contribution in [0.5, 0.6) is 0 Å². The smallest absolute Gasteiger partial charge is 0.343 e. The topological polar surface area (TPSA) is 82.7 Å². The van der Waals surface area contributed by atoms with Crippen LogP contribution >= 0.6 is 0 Å². The number of fused-ring (bicyclic) bond motifs is 2. The number of hydrogen-bond donors (Lipinski definition) is 0. The van der Waals surface area contributed by atoms with E-state index < -0.39 is 22.9 Å². The maximum absolute atomic E-state index is 15.7. The SMILES string of the molecule is CCOC(=O)c1cn(CC)c2cc(N3N=N[C@H]4CCC[C@@]43N3CCN(C)CC3)c(F)cc2c1=O. The Balaban J connectivity index is 1.63. The number of pyridine rings is 1. The molecule has 5 rings (SSSR count). The van der Waals surface area contributed by atoms with Crippen LogP contribution in [0.2, 0.25) is 0 Å². The number of nitrogens with zero attached hydrogens (tertiary/aromatic N) is 6. The largest absolute Gasteiger partial charge is 0.462 e. The van der Waals surface area contributed by atoms with Gasteiger partial charge in [0.1, 0.15) is 28.8 Å². The molecule has 1 aromatic heterocycles. The van der Waals surface area contributed by atoms with Gasteiger partial charge in [-0.1, -0.05) is 5.22 Å². The molecule has 0 bridgehead atoms. The summed E-state index contributed by atoms with van der Waals surface area (Å²) in [6, 6.07) is 2.91. The van der Waals surface area contributed by atoms with Gasteiger partial charge in [-0.15, -0.1) is 0 Å². The molecule has 0 amide bonds. The second-order valence-electron chi connectivity index (χ2n) is 9.29. The Morgan fingerprint density at radius 3 is 2.71 bits per heavy atom. The summed E-state index contributed by atoms with van der Waals surface area (Å²) in [5, 5.41) is 10.9. The lowest BCUT2D eigenvalue weighted by Crippen LogP contribution is -2.64. The standard InChI is InChI=1S/C24H31FN6O3/c1-4-29-15-17(23(33)34-5-2)22(32)16-13-18(25)20(14-19(16)29)31-24(8-6-7-21(24)26-27-31)30-11-9-28(3)10-12-30/h13-15,21H,4-12H2,1-3H3/t21-,24-/m0/s1. The first-order valence-electron chi connectivity index (χ1n) is 12.1. The number of aryl methyl sites for hydroxylation is 1. The zero-order chi connectivity index (χ0) is 24.0. The predicted octanol–water partition coefficient (Wildman–Crippen LogP) is 3.02. The van der Waals surface area contributed by atoms with E-state index in [1.165, 1.54) is 12.3 Å². The molecule has 2 aromatic rings. The number of halogens is 1. The summed E-state index contributed by atoms with van der Waals surface area (Å²) in [5.41, 5.74) is -0.238. The number of piperazine rings is 1. The Hall–Kier alpha value is -2.85. The fourth-order valence-corrected chi connectivity index (χ4v) is 5.67. The lowest BCUT2D eigenvalue weighted by molar-refractivity contribution is 0.0410. The van der Waals surface area contributed by atoms with E-state index >= 15 is 4.39 Å². The van der Waals surface area contributed by atoms with Crippen LogP contribution in [0.15, 0.2) is 33.5 Å². The minimum atomic E-state index is -0.697. The van der Waals surface area contributed by atoms with Gasteiger partial charge in [0.15, 0.2) is 0 Å². The first-order chi connectivity index (χ1) is 16.4. The van der Waals surface area contributed by atoms with E-state index in [1.54, 1.807) is 22.6 Å². The third-order valence-corrected chi connectivity index (χ3v) is 7.47. The van der Waals surface area contributed by atoms with Gasteiger partial charge in [0.05, 0.1) is 12.1 Å². The molecule has 1 aliphatic carbocycles. The normalized spacial score (nSPS) is 25.3. The van der Waals surface area contributed by atoms with Crippen molar-refractivity contribution in [3.8, 4) is 0 Å². The summed E-state index contributed by atoms with van der Waals surface area (Å²) < 4.78 is 22.5. The summed E-state index contributed by atoms with van der Waals surface area (Å²) in [6.07, 6.45) is 4.28. The molecule has 0 N–H and O–H groups in total. The van der Waals surface area contributed by atoms with E-state index in [9.17, 15) is 9.59 Å². The number of hydrogen-bond acceptors (Lipinski definition) is 8. The van der Waals surface area contributed by atoms with Crippen molar-refractivity contribution in [1.29, 1.82) is 0 Å². The van der Waals surface area contributed by atoms with Crippen molar-refractivity contribution in [3.05, 3.63) is 39.9 Å². The second-order valence-corrected chi connectivity index (χ2v) is 9.29. The fourth-order valence-electron chi connectivity index (χ4n) is 5.67. The molecule has 1 saturated heterocycles. The third-order valence-electron chi connectivity index (χ3n) is 7.47. The molecule has 34 heavy (non-hydrogen) atoms. The Morgan fingerprint density at radius 2 is 2.00 bits per heavy atom. The van der Waals surface area contributed by atoms with Crippen molar-refractivity contribution >= 4 is 22.6 Å². The van der Waals surface area contributed by atoms with Crippen LogP contribution in [-0.2, 0) is 11.3 Å². The minimum Gasteiger partial charge on any atom is -0.462 e. The van der Waals surface area contributed by atoms with Gasteiger partial charge < -0.3 is 14.2 Å². The number of ether oxygens (including phenoxy) is 1. The van der Waals surface area contributed by atoms with E-state index in [1.807, 2.05) is 6.92 Å². The van der Waals surface area contributed by atoms with Gasteiger partial charge in [-0.2, -0.15) is 5.11 Å². The van der Waals surface area contributed by atoms with Gasteiger partial charge in [-0.05, 0) is 52.3 Å². The van der Waals surface area contributed by atoms with Gasteiger partial charge in [-0.25, -0.2) is 14.2 Å². The van der Waals surface area contributed by atoms with Crippen LogP contribution in [0, 0.1) is 5.82 Å². The zero-order valence-electron chi connectivity index (χ0n) is 20.0. The van der Waals surface area contributed by atoms with Crippen LogP contribution in [-0.4, -0.2) is 71.9 Å². The number of anilines is 1. The van der Waals surface area contributed by atoms with Gasteiger partial charge >= 0.3 is 5.97 Å². The molecule has 0 spiro atoms. The Kier molecular flexibility index (Phi) is 5.89. The van der Waals surface area contributed by atoms with E-state index in [0.29, 0.717) is 17.7 Å². The van der Waals surface area contributed by atoms with Crippen molar-refractivity contribution in [2.75, 3.05) is 44.8 Å². The van der Waals surface area contributed by atoms with Crippen LogP contribution in [0.4, 0.5) is 10.1 Å². The Labute approximate surface area is 197 Å². The van der Waals surface area contributed by atoms with Gasteiger partial charge in [0.25, 0.3) is 0 Å². The number of rotatable bonds is 5. The summed E-state index contributed by atoms with van der Waals surface area (Å²) in [7, 11) is 2.11. The lowest BCUT2D eigenvalue weighted by atomic mass is 9.99. The van der Waals surface area contributed by atoms with Crippen LogP contribution < -0.4 is 10.4 Å². The molecule has 0 radical (unpaired) electrons. The molecule has 0 unspecified atom stereocenters. The van der Waals surface area contributed by atoms with Crippen LogP contribution in [0.3, 0.4) is 0 Å². The number of aromatic nitrogens is 1. The minimum absolute atomic E-state index is 0.00874. The van der Waals surface area contributed by atoms with Gasteiger partial charge in [0.2, 0.25) is 5.43 Å². The molecular formula is C24H31FN6O3. The first kappa shape index (κ1) is 22.9. The molecule has 1 saturated carbocycles. The first-order valence-corrected chi connectivity index (χ1v) is 12.1. The molecule has 3 heterocycles. The zero-order valence-corrected chi connectivity index (χ0v) is 20.0. The van der Waals surface area contributed by atoms with Crippen molar-refractivity contribution in [2.45, 2.75) is 51.4 Å². The van der Waals surface area contributed by atoms with Crippen molar-refractivity contribution in [2.24, 2.45) is 10.3 Å². The third kappa shape index (κ3) is 3.42. The maximum Gasteiger partial charge on any atom is 0.343 e. The highest BCUT2D eigenvalue weighted by atomic mass is 19.1. The van der Waals surface area contributed by atoms with Crippen molar-refractivity contribution < 1.29 is 13.9 Å². The highest BCUT2D eigenvalue weighted by Crippen LogP contribution is 2.48. The fraction of sp³-hybridized carbons (Fsp3) is 0.583.